The van der Waals surface area contributed by atoms with Gasteiger partial charge in [0.1, 0.15) is 11.5 Å². The summed E-state index contributed by atoms with van der Waals surface area (Å²) in [7, 11) is 0.0398. The van der Waals surface area contributed by atoms with Crippen LogP contribution in [0.25, 0.3) is 5.76 Å². The molecule has 2 aromatic carbocycles. The maximum Gasteiger partial charge on any atom is 0.242 e. The number of methoxy groups -OCH3 is 1. The minimum absolute atomic E-state index is 0.924. The minimum Gasteiger partial charge on any atom is -0.544 e. The van der Waals surface area contributed by atoms with Crippen LogP contribution in [-0.2, 0) is 17.3 Å². The highest BCUT2D eigenvalue weighted by molar-refractivity contribution is 6.70. The van der Waals surface area contributed by atoms with Crippen LogP contribution in [0.1, 0.15) is 23.1 Å². The van der Waals surface area contributed by atoms with Gasteiger partial charge in [-0.2, -0.15) is 0 Å². The van der Waals surface area contributed by atoms with Crippen LogP contribution in [0.15, 0.2) is 54.1 Å². The highest BCUT2D eigenvalue weighted by Crippen LogP contribution is 2.37. The van der Waals surface area contributed by atoms with E-state index >= 15 is 0 Å². The molecule has 126 valence electrons. The quantitative estimate of drug-likeness (QED) is 0.675. The zero-order chi connectivity index (χ0) is 17.2. The van der Waals surface area contributed by atoms with Crippen molar-refractivity contribution < 1.29 is 9.16 Å². The lowest BCUT2D eigenvalue weighted by atomic mass is 9.87. The molecule has 0 saturated carbocycles. The standard InChI is InChI=1S/C21H26O2Si/c1-22-19-12-13-20-17(15-19)10-11-18(21(20)23-24(2,3)4)14-16-8-6-5-7-9-16/h5-9,12-13,15H,10-11,14H2,1-4H3. The first-order chi connectivity index (χ1) is 11.5. The Balaban J connectivity index is 2.03. The summed E-state index contributed by atoms with van der Waals surface area (Å²) in [6, 6.07) is 17.0. The number of ether oxygens (including phenoxy) is 1. The predicted molar refractivity (Wildman–Crippen MR) is 103 cm³/mol. The molecule has 24 heavy (non-hydrogen) atoms. The first-order valence-electron chi connectivity index (χ1n) is 8.58. The topological polar surface area (TPSA) is 18.5 Å². The fraction of sp³-hybridized carbons (Fsp3) is 0.333. The molecule has 0 saturated heterocycles. The third-order valence-electron chi connectivity index (χ3n) is 4.24. The molecule has 3 rings (SSSR count). The molecule has 0 fully saturated rings. The summed E-state index contributed by atoms with van der Waals surface area (Å²) in [5.41, 5.74) is 5.34. The smallest absolute Gasteiger partial charge is 0.242 e. The number of benzene rings is 2. The maximum absolute atomic E-state index is 6.54. The minimum atomic E-state index is -1.68. The lowest BCUT2D eigenvalue weighted by molar-refractivity contribution is 0.414. The number of allylic oxidation sites excluding steroid dienone is 1. The number of aryl methyl sites for hydroxylation is 1. The van der Waals surface area contributed by atoms with Crippen LogP contribution in [0.5, 0.6) is 5.75 Å². The van der Waals surface area contributed by atoms with Gasteiger partial charge in [-0.3, -0.25) is 0 Å². The normalized spacial score (nSPS) is 14.3. The number of hydrogen-bond donors (Lipinski definition) is 0. The van der Waals surface area contributed by atoms with E-state index in [0.29, 0.717) is 0 Å². The van der Waals surface area contributed by atoms with Gasteiger partial charge in [0.15, 0.2) is 0 Å². The molecule has 0 unspecified atom stereocenters. The van der Waals surface area contributed by atoms with Crippen molar-refractivity contribution in [2.24, 2.45) is 0 Å². The average Bonchev–Trinajstić information content (AvgIpc) is 2.56. The molecule has 2 aromatic rings. The van der Waals surface area contributed by atoms with Gasteiger partial charge in [0, 0.05) is 5.56 Å². The van der Waals surface area contributed by atoms with Gasteiger partial charge in [-0.1, -0.05) is 30.3 Å². The summed E-state index contributed by atoms with van der Waals surface area (Å²) < 4.78 is 11.9. The Kier molecular flexibility index (Phi) is 4.81. The molecule has 2 nitrogen and oxygen atoms in total. The molecule has 0 heterocycles. The van der Waals surface area contributed by atoms with Crippen LogP contribution in [0.2, 0.25) is 19.6 Å². The third kappa shape index (κ3) is 3.90. The largest absolute Gasteiger partial charge is 0.544 e. The molecule has 1 aliphatic carbocycles. The van der Waals surface area contributed by atoms with Crippen molar-refractivity contribution in [2.75, 3.05) is 7.11 Å². The van der Waals surface area contributed by atoms with E-state index in [4.69, 9.17) is 9.16 Å². The summed E-state index contributed by atoms with van der Waals surface area (Å²) in [6.45, 7) is 6.74. The van der Waals surface area contributed by atoms with Crippen LogP contribution in [0.3, 0.4) is 0 Å². The number of fused-ring (bicyclic) bond motifs is 1. The number of hydrogen-bond acceptors (Lipinski definition) is 2. The van der Waals surface area contributed by atoms with Crippen molar-refractivity contribution in [3.8, 4) is 5.75 Å². The van der Waals surface area contributed by atoms with Crippen molar-refractivity contribution in [3.05, 3.63) is 70.8 Å². The van der Waals surface area contributed by atoms with Crippen molar-refractivity contribution >= 4 is 14.1 Å². The summed E-state index contributed by atoms with van der Waals surface area (Å²) in [5.74, 6) is 2.04. The SMILES string of the molecule is COc1ccc2c(c1)CCC(Cc1ccccc1)=C2O[Si](C)(C)C. The Morgan fingerprint density at radius 2 is 1.71 bits per heavy atom. The summed E-state index contributed by atoms with van der Waals surface area (Å²) in [6.07, 6.45) is 3.06. The van der Waals surface area contributed by atoms with Gasteiger partial charge in [0.2, 0.25) is 8.32 Å². The lowest BCUT2D eigenvalue weighted by Gasteiger charge is -2.30. The van der Waals surface area contributed by atoms with Crippen LogP contribution in [0.4, 0.5) is 0 Å². The van der Waals surface area contributed by atoms with E-state index in [2.05, 4.69) is 62.1 Å². The van der Waals surface area contributed by atoms with Gasteiger partial charge in [-0.05, 0) is 73.8 Å². The molecule has 0 aromatic heterocycles. The molecule has 0 atom stereocenters. The van der Waals surface area contributed by atoms with E-state index < -0.39 is 8.32 Å². The second-order valence-corrected chi connectivity index (χ2v) is 11.8. The van der Waals surface area contributed by atoms with Crippen molar-refractivity contribution in [1.82, 2.24) is 0 Å². The Hall–Kier alpha value is -2.00. The monoisotopic (exact) mass is 338 g/mol. The molecule has 0 radical (unpaired) electrons. The molecule has 0 spiro atoms. The van der Waals surface area contributed by atoms with Crippen molar-refractivity contribution in [3.63, 3.8) is 0 Å². The highest BCUT2D eigenvalue weighted by atomic mass is 28.4. The van der Waals surface area contributed by atoms with Gasteiger partial charge in [-0.15, -0.1) is 0 Å². The summed E-state index contributed by atoms with van der Waals surface area (Å²) >= 11 is 0. The van der Waals surface area contributed by atoms with Gasteiger partial charge < -0.3 is 9.16 Å². The average molecular weight is 339 g/mol. The predicted octanol–water partition coefficient (Wildman–Crippen LogP) is 5.45. The Morgan fingerprint density at radius 3 is 2.38 bits per heavy atom. The first kappa shape index (κ1) is 16.8. The zero-order valence-corrected chi connectivity index (χ0v) is 16.1. The van der Waals surface area contributed by atoms with Gasteiger partial charge in [0.25, 0.3) is 0 Å². The fourth-order valence-corrected chi connectivity index (χ4v) is 4.03. The first-order valence-corrected chi connectivity index (χ1v) is 12.0. The van der Waals surface area contributed by atoms with Gasteiger partial charge >= 0.3 is 0 Å². The molecule has 1 aliphatic rings. The lowest BCUT2D eigenvalue weighted by Crippen LogP contribution is -2.26. The molecular weight excluding hydrogens is 312 g/mol. The van der Waals surface area contributed by atoms with Gasteiger partial charge in [0.05, 0.1) is 7.11 Å². The maximum atomic E-state index is 6.54. The van der Waals surface area contributed by atoms with E-state index in [-0.39, 0.29) is 0 Å². The fourth-order valence-electron chi connectivity index (χ4n) is 3.16. The van der Waals surface area contributed by atoms with Crippen molar-refractivity contribution in [2.45, 2.75) is 38.9 Å². The number of rotatable bonds is 5. The Bertz CT molecular complexity index is 742. The van der Waals surface area contributed by atoms with Crippen LogP contribution in [0, 0.1) is 0 Å². The molecule has 0 aliphatic heterocycles. The Morgan fingerprint density at radius 1 is 0.958 bits per heavy atom. The second-order valence-electron chi connectivity index (χ2n) is 7.33. The summed E-state index contributed by atoms with van der Waals surface area (Å²) in [4.78, 5) is 0. The molecule has 0 N–H and O–H groups in total. The van der Waals surface area contributed by atoms with E-state index in [0.717, 1.165) is 30.8 Å². The zero-order valence-electron chi connectivity index (χ0n) is 15.1. The molecule has 3 heteroatoms. The van der Waals surface area contributed by atoms with E-state index in [1.54, 1.807) is 7.11 Å². The molecule has 0 bridgehead atoms. The summed E-state index contributed by atoms with van der Waals surface area (Å²) in [5, 5.41) is 0. The van der Waals surface area contributed by atoms with Gasteiger partial charge in [-0.25, -0.2) is 0 Å². The Labute approximate surface area is 146 Å². The molecular formula is C21H26O2Si. The van der Waals surface area contributed by atoms with E-state index in [9.17, 15) is 0 Å². The highest BCUT2D eigenvalue weighted by Gasteiger charge is 2.26. The van der Waals surface area contributed by atoms with Crippen LogP contribution >= 0.6 is 0 Å². The second kappa shape index (κ2) is 6.86. The van der Waals surface area contributed by atoms with Crippen LogP contribution < -0.4 is 4.74 Å². The van der Waals surface area contributed by atoms with E-state index in [1.807, 2.05) is 6.07 Å². The van der Waals surface area contributed by atoms with Crippen LogP contribution in [-0.4, -0.2) is 15.4 Å². The third-order valence-corrected chi connectivity index (χ3v) is 5.06. The van der Waals surface area contributed by atoms with E-state index in [1.165, 1.54) is 22.3 Å². The molecule has 0 amide bonds. The van der Waals surface area contributed by atoms with Crippen molar-refractivity contribution in [1.29, 1.82) is 0 Å².